The fraction of sp³-hybridized carbons (Fsp3) is 0.130. The van der Waals surface area contributed by atoms with Crippen LogP contribution >= 0.6 is 0 Å². The molecule has 29 heavy (non-hydrogen) atoms. The average Bonchev–Trinajstić information content (AvgIpc) is 2.74. The topological polar surface area (TPSA) is 85.9 Å². The van der Waals surface area contributed by atoms with E-state index in [0.29, 0.717) is 36.0 Å². The summed E-state index contributed by atoms with van der Waals surface area (Å²) in [5.74, 6) is 0.896. The van der Waals surface area contributed by atoms with Crippen molar-refractivity contribution in [3.63, 3.8) is 0 Å². The third-order valence-corrected chi connectivity index (χ3v) is 4.09. The molecule has 6 heteroatoms. The first-order valence-electron chi connectivity index (χ1n) is 9.29. The van der Waals surface area contributed by atoms with E-state index < -0.39 is 0 Å². The first-order valence-corrected chi connectivity index (χ1v) is 9.29. The van der Waals surface area contributed by atoms with Gasteiger partial charge in [0.25, 0.3) is 5.91 Å². The Morgan fingerprint density at radius 2 is 1.76 bits per heavy atom. The number of carbonyl (C=O) groups is 1. The van der Waals surface area contributed by atoms with Crippen LogP contribution in [0.15, 0.2) is 77.9 Å². The predicted molar refractivity (Wildman–Crippen MR) is 114 cm³/mol. The number of hydrogen-bond acceptors (Lipinski definition) is 5. The number of hydrazone groups is 1. The number of nitrogen functional groups attached to an aromatic ring is 1. The third kappa shape index (κ3) is 5.59. The quantitative estimate of drug-likeness (QED) is 0.346. The van der Waals surface area contributed by atoms with E-state index in [0.717, 1.165) is 11.1 Å². The monoisotopic (exact) mass is 389 g/mol. The summed E-state index contributed by atoms with van der Waals surface area (Å²) < 4.78 is 11.6. The van der Waals surface area contributed by atoms with Crippen molar-refractivity contribution in [1.29, 1.82) is 0 Å². The van der Waals surface area contributed by atoms with Crippen molar-refractivity contribution in [3.8, 4) is 11.5 Å². The maximum atomic E-state index is 12.1. The molecule has 0 saturated heterocycles. The Hall–Kier alpha value is -3.80. The van der Waals surface area contributed by atoms with Gasteiger partial charge in [0.05, 0.1) is 18.4 Å². The molecule has 0 spiro atoms. The van der Waals surface area contributed by atoms with Crippen LogP contribution in [-0.4, -0.2) is 18.7 Å². The third-order valence-electron chi connectivity index (χ3n) is 4.09. The Bertz CT molecular complexity index is 988. The van der Waals surface area contributed by atoms with E-state index >= 15 is 0 Å². The van der Waals surface area contributed by atoms with Gasteiger partial charge < -0.3 is 15.2 Å². The molecule has 0 atom stereocenters. The Morgan fingerprint density at radius 1 is 1.00 bits per heavy atom. The minimum Gasteiger partial charge on any atom is -0.490 e. The first-order chi connectivity index (χ1) is 14.2. The van der Waals surface area contributed by atoms with Crippen LogP contribution in [0.4, 0.5) is 5.69 Å². The lowest BCUT2D eigenvalue weighted by molar-refractivity contribution is 0.0956. The summed E-state index contributed by atoms with van der Waals surface area (Å²) >= 11 is 0. The van der Waals surface area contributed by atoms with Gasteiger partial charge in [-0.05, 0) is 48.4 Å². The van der Waals surface area contributed by atoms with Crippen LogP contribution in [0.3, 0.4) is 0 Å². The number of ether oxygens (including phenoxy) is 2. The van der Waals surface area contributed by atoms with Gasteiger partial charge >= 0.3 is 0 Å². The van der Waals surface area contributed by atoms with Crippen LogP contribution in [-0.2, 0) is 6.61 Å². The summed E-state index contributed by atoms with van der Waals surface area (Å²) in [5.41, 5.74) is 10.9. The average molecular weight is 389 g/mol. The van der Waals surface area contributed by atoms with Gasteiger partial charge in [-0.3, -0.25) is 4.79 Å². The van der Waals surface area contributed by atoms with Crippen LogP contribution in [0.25, 0.3) is 0 Å². The summed E-state index contributed by atoms with van der Waals surface area (Å²) in [6, 6.07) is 22.2. The smallest absolute Gasteiger partial charge is 0.273 e. The van der Waals surface area contributed by atoms with Crippen molar-refractivity contribution in [3.05, 3.63) is 89.5 Å². The highest BCUT2D eigenvalue weighted by molar-refractivity contribution is 5.99. The van der Waals surface area contributed by atoms with Crippen molar-refractivity contribution >= 4 is 17.8 Å². The van der Waals surface area contributed by atoms with E-state index in [1.807, 2.05) is 55.5 Å². The number of benzene rings is 3. The fourth-order valence-corrected chi connectivity index (χ4v) is 2.66. The Balaban J connectivity index is 1.66. The molecule has 0 aromatic heterocycles. The highest BCUT2D eigenvalue weighted by Gasteiger charge is 2.08. The van der Waals surface area contributed by atoms with Gasteiger partial charge in [-0.25, -0.2) is 5.43 Å². The molecule has 0 bridgehead atoms. The molecule has 0 aliphatic carbocycles. The van der Waals surface area contributed by atoms with Crippen LogP contribution in [0.1, 0.15) is 28.4 Å². The molecule has 3 rings (SSSR count). The number of nitrogens with one attached hydrogen (secondary N) is 1. The molecule has 148 valence electrons. The summed E-state index contributed by atoms with van der Waals surface area (Å²) in [7, 11) is 0. The molecular weight excluding hydrogens is 366 g/mol. The highest BCUT2D eigenvalue weighted by atomic mass is 16.5. The normalized spacial score (nSPS) is 10.7. The zero-order chi connectivity index (χ0) is 20.5. The minimum absolute atomic E-state index is 0.368. The number of rotatable bonds is 8. The van der Waals surface area contributed by atoms with E-state index in [4.69, 9.17) is 15.2 Å². The lowest BCUT2D eigenvalue weighted by Crippen LogP contribution is -2.19. The number of carbonyl (C=O) groups excluding carboxylic acids is 1. The number of nitrogens with zero attached hydrogens (tertiary/aromatic N) is 1. The lowest BCUT2D eigenvalue weighted by Gasteiger charge is -2.12. The second kappa shape index (κ2) is 9.94. The molecule has 0 aliphatic heterocycles. The van der Waals surface area contributed by atoms with Gasteiger partial charge in [0, 0.05) is 5.69 Å². The number of para-hydroxylation sites is 1. The molecule has 3 N–H and O–H groups in total. The standard InChI is InChI=1S/C23H23N3O3/c1-2-28-22-14-18(12-13-21(22)29-16-17-8-4-3-5-9-17)15-25-26-23(27)19-10-6-7-11-20(19)24/h3-15H,2,16,24H2,1H3,(H,26,27)/b25-15+. The van der Waals surface area contributed by atoms with E-state index in [-0.39, 0.29) is 5.91 Å². The number of anilines is 1. The Labute approximate surface area is 170 Å². The molecule has 3 aromatic carbocycles. The lowest BCUT2D eigenvalue weighted by atomic mass is 10.2. The molecule has 3 aromatic rings. The van der Waals surface area contributed by atoms with Crippen LogP contribution in [0.2, 0.25) is 0 Å². The van der Waals surface area contributed by atoms with E-state index in [1.165, 1.54) is 0 Å². The van der Waals surface area contributed by atoms with Crippen molar-refractivity contribution < 1.29 is 14.3 Å². The van der Waals surface area contributed by atoms with Crippen LogP contribution in [0.5, 0.6) is 11.5 Å². The molecule has 6 nitrogen and oxygen atoms in total. The molecule has 1 amide bonds. The summed E-state index contributed by atoms with van der Waals surface area (Å²) in [5, 5.41) is 4.01. The molecule has 0 heterocycles. The van der Waals surface area contributed by atoms with Gasteiger partial charge in [0.2, 0.25) is 0 Å². The maximum Gasteiger partial charge on any atom is 0.273 e. The molecule has 0 fully saturated rings. The van der Waals surface area contributed by atoms with Gasteiger partial charge in [0.15, 0.2) is 11.5 Å². The number of nitrogens with two attached hydrogens (primary N) is 1. The Morgan fingerprint density at radius 3 is 2.52 bits per heavy atom. The molecule has 0 radical (unpaired) electrons. The number of amides is 1. The van der Waals surface area contributed by atoms with E-state index in [9.17, 15) is 4.79 Å². The van der Waals surface area contributed by atoms with Gasteiger partial charge in [-0.15, -0.1) is 0 Å². The zero-order valence-corrected chi connectivity index (χ0v) is 16.2. The van der Waals surface area contributed by atoms with Gasteiger partial charge in [0.1, 0.15) is 6.61 Å². The van der Waals surface area contributed by atoms with E-state index in [2.05, 4.69) is 10.5 Å². The van der Waals surface area contributed by atoms with Crippen molar-refractivity contribution in [2.24, 2.45) is 5.10 Å². The first kappa shape index (κ1) is 19.9. The van der Waals surface area contributed by atoms with Crippen molar-refractivity contribution in [2.45, 2.75) is 13.5 Å². The second-order valence-electron chi connectivity index (χ2n) is 6.20. The van der Waals surface area contributed by atoms with E-state index in [1.54, 1.807) is 30.5 Å². The maximum absolute atomic E-state index is 12.1. The molecule has 0 aliphatic rings. The minimum atomic E-state index is -0.368. The Kier molecular flexibility index (Phi) is 6.84. The van der Waals surface area contributed by atoms with Gasteiger partial charge in [-0.1, -0.05) is 42.5 Å². The van der Waals surface area contributed by atoms with Crippen molar-refractivity contribution in [1.82, 2.24) is 5.43 Å². The highest BCUT2D eigenvalue weighted by Crippen LogP contribution is 2.28. The summed E-state index contributed by atoms with van der Waals surface area (Å²) in [6.45, 7) is 2.86. The molecule has 0 unspecified atom stereocenters. The molecule has 0 saturated carbocycles. The predicted octanol–water partition coefficient (Wildman–Crippen LogP) is 4.01. The summed E-state index contributed by atoms with van der Waals surface area (Å²) in [6.07, 6.45) is 1.54. The van der Waals surface area contributed by atoms with Crippen LogP contribution in [0, 0.1) is 0 Å². The second-order valence-corrected chi connectivity index (χ2v) is 6.20. The fourth-order valence-electron chi connectivity index (χ4n) is 2.66. The molecular formula is C23H23N3O3. The van der Waals surface area contributed by atoms with Crippen molar-refractivity contribution in [2.75, 3.05) is 12.3 Å². The SMILES string of the molecule is CCOc1cc(/C=N/NC(=O)c2ccccc2N)ccc1OCc1ccccc1. The number of hydrogen-bond donors (Lipinski definition) is 2. The van der Waals surface area contributed by atoms with Crippen LogP contribution < -0.4 is 20.6 Å². The van der Waals surface area contributed by atoms with Gasteiger partial charge in [-0.2, -0.15) is 5.10 Å². The summed E-state index contributed by atoms with van der Waals surface area (Å²) in [4.78, 5) is 12.1. The largest absolute Gasteiger partial charge is 0.490 e. The zero-order valence-electron chi connectivity index (χ0n) is 16.2.